The van der Waals surface area contributed by atoms with Crippen molar-refractivity contribution in [2.45, 2.75) is 77.4 Å². The summed E-state index contributed by atoms with van der Waals surface area (Å²) >= 11 is 12.3. The van der Waals surface area contributed by atoms with Crippen LogP contribution in [0.1, 0.15) is 63.5 Å². The number of halogens is 2. The Morgan fingerprint density at radius 2 is 1.71 bits per heavy atom. The number of aryl methyl sites for hydroxylation is 1. The Bertz CT molecular complexity index is 1230. The van der Waals surface area contributed by atoms with Gasteiger partial charge in [0.15, 0.2) is 0 Å². The Kier molecular flexibility index (Phi) is 10.9. The van der Waals surface area contributed by atoms with Crippen LogP contribution in [0.5, 0.6) is 0 Å². The maximum atomic E-state index is 13.9. The molecule has 2 aromatic carbocycles. The highest BCUT2D eigenvalue weighted by molar-refractivity contribution is 7.92. The van der Waals surface area contributed by atoms with Crippen molar-refractivity contribution >= 4 is 50.7 Å². The highest BCUT2D eigenvalue weighted by atomic mass is 35.5. The predicted octanol–water partition coefficient (Wildman–Crippen LogP) is 5.58. The third kappa shape index (κ3) is 7.87. The predicted molar refractivity (Wildman–Crippen MR) is 154 cm³/mol. The molecule has 1 aliphatic carbocycles. The standard InChI is InChI=1S/C28H37Cl2N3O4S/c1-4-21-11-9-10-14-26(21)33(38(3,36)37)19-27(34)32(18-20-15-16-23(29)24(30)17-20)25(5-2)28(35)31-22-12-7-6-8-13-22/h9-11,14-17,22,25H,4-8,12-13,18-19H2,1-3H3,(H,31,35)/t25-/m1/s1. The van der Waals surface area contributed by atoms with Crippen LogP contribution in [0.3, 0.4) is 0 Å². The monoisotopic (exact) mass is 581 g/mol. The molecule has 0 aliphatic heterocycles. The average Bonchev–Trinajstić information content (AvgIpc) is 2.89. The van der Waals surface area contributed by atoms with Gasteiger partial charge in [-0.2, -0.15) is 0 Å². The van der Waals surface area contributed by atoms with Crippen molar-refractivity contribution in [3.8, 4) is 0 Å². The summed E-state index contributed by atoms with van der Waals surface area (Å²) in [5.74, 6) is -0.703. The van der Waals surface area contributed by atoms with Crippen molar-refractivity contribution in [2.75, 3.05) is 17.1 Å². The first-order chi connectivity index (χ1) is 18.0. The number of carbonyl (C=O) groups excluding carboxylic acids is 2. The summed E-state index contributed by atoms with van der Waals surface area (Å²) in [7, 11) is -3.79. The molecule has 2 amide bonds. The van der Waals surface area contributed by atoms with Gasteiger partial charge in [-0.3, -0.25) is 13.9 Å². The van der Waals surface area contributed by atoms with Crippen LogP contribution >= 0.6 is 23.2 Å². The molecule has 0 spiro atoms. The zero-order chi connectivity index (χ0) is 27.9. The highest BCUT2D eigenvalue weighted by Gasteiger charge is 2.33. The fourth-order valence-corrected chi connectivity index (χ4v) is 6.15. The number of sulfonamides is 1. The van der Waals surface area contributed by atoms with Gasteiger partial charge in [0.05, 0.1) is 22.0 Å². The highest BCUT2D eigenvalue weighted by Crippen LogP contribution is 2.27. The number of para-hydroxylation sites is 1. The summed E-state index contributed by atoms with van der Waals surface area (Å²) in [6.45, 7) is 3.44. The minimum absolute atomic E-state index is 0.0798. The molecule has 0 saturated heterocycles. The van der Waals surface area contributed by atoms with Gasteiger partial charge < -0.3 is 10.2 Å². The lowest BCUT2D eigenvalue weighted by atomic mass is 9.95. The van der Waals surface area contributed by atoms with Crippen molar-refractivity contribution in [3.63, 3.8) is 0 Å². The molecular formula is C28H37Cl2N3O4S. The molecule has 1 fully saturated rings. The van der Waals surface area contributed by atoms with Crippen LogP contribution in [0.2, 0.25) is 10.0 Å². The van der Waals surface area contributed by atoms with Gasteiger partial charge in [0.1, 0.15) is 12.6 Å². The lowest BCUT2D eigenvalue weighted by molar-refractivity contribution is -0.140. The van der Waals surface area contributed by atoms with E-state index in [1.165, 1.54) is 4.90 Å². The van der Waals surface area contributed by atoms with Crippen LogP contribution in [-0.4, -0.2) is 50.0 Å². The Balaban J connectivity index is 1.96. The molecule has 38 heavy (non-hydrogen) atoms. The van der Waals surface area contributed by atoms with E-state index in [4.69, 9.17) is 23.2 Å². The van der Waals surface area contributed by atoms with E-state index in [1.807, 2.05) is 26.0 Å². The number of carbonyl (C=O) groups is 2. The molecule has 0 radical (unpaired) electrons. The summed E-state index contributed by atoms with van der Waals surface area (Å²) in [4.78, 5) is 28.8. The van der Waals surface area contributed by atoms with E-state index in [-0.39, 0.29) is 18.5 Å². The molecule has 1 aliphatic rings. The van der Waals surface area contributed by atoms with Gasteiger partial charge in [-0.15, -0.1) is 0 Å². The molecule has 7 nitrogen and oxygen atoms in total. The van der Waals surface area contributed by atoms with E-state index in [0.717, 1.165) is 48.2 Å². The largest absolute Gasteiger partial charge is 0.352 e. The van der Waals surface area contributed by atoms with Gasteiger partial charge in [0.25, 0.3) is 0 Å². The molecule has 2 aromatic rings. The number of nitrogens with zero attached hydrogens (tertiary/aromatic N) is 2. The Hall–Kier alpha value is -2.29. The van der Waals surface area contributed by atoms with Gasteiger partial charge in [0.2, 0.25) is 21.8 Å². The first-order valence-corrected chi connectivity index (χ1v) is 15.7. The van der Waals surface area contributed by atoms with Crippen LogP contribution in [0.15, 0.2) is 42.5 Å². The van der Waals surface area contributed by atoms with Gasteiger partial charge in [-0.05, 0) is 55.0 Å². The molecule has 1 saturated carbocycles. The normalized spacial score (nSPS) is 15.1. The maximum Gasteiger partial charge on any atom is 0.244 e. The van der Waals surface area contributed by atoms with Crippen LogP contribution in [-0.2, 0) is 32.6 Å². The minimum atomic E-state index is -3.79. The van der Waals surface area contributed by atoms with Crippen LogP contribution in [0.25, 0.3) is 0 Å². The number of benzene rings is 2. The molecule has 0 bridgehead atoms. The van der Waals surface area contributed by atoms with Crippen molar-refractivity contribution in [2.24, 2.45) is 0 Å². The SMILES string of the molecule is CCc1ccccc1N(CC(=O)N(Cc1ccc(Cl)c(Cl)c1)[C@H](CC)C(=O)NC1CCCCC1)S(C)(=O)=O. The topological polar surface area (TPSA) is 86.8 Å². The fourth-order valence-electron chi connectivity index (χ4n) is 4.95. The smallest absolute Gasteiger partial charge is 0.244 e. The summed E-state index contributed by atoms with van der Waals surface area (Å²) in [5.41, 5.74) is 1.96. The lowest BCUT2D eigenvalue weighted by Crippen LogP contribution is -2.54. The lowest BCUT2D eigenvalue weighted by Gasteiger charge is -2.34. The number of nitrogens with one attached hydrogen (secondary N) is 1. The average molecular weight is 583 g/mol. The Morgan fingerprint density at radius 1 is 1.03 bits per heavy atom. The molecule has 208 valence electrons. The number of anilines is 1. The van der Waals surface area contributed by atoms with E-state index in [2.05, 4.69) is 5.32 Å². The van der Waals surface area contributed by atoms with Gasteiger partial charge >= 0.3 is 0 Å². The van der Waals surface area contributed by atoms with Crippen LogP contribution in [0.4, 0.5) is 5.69 Å². The number of rotatable bonds is 11. The Labute approximate surface area is 236 Å². The molecule has 0 aromatic heterocycles. The summed E-state index contributed by atoms with van der Waals surface area (Å²) in [5, 5.41) is 3.86. The molecule has 1 N–H and O–H groups in total. The van der Waals surface area contributed by atoms with Gasteiger partial charge in [0, 0.05) is 12.6 Å². The molecule has 1 atom stereocenters. The zero-order valence-corrected chi connectivity index (χ0v) is 24.6. The van der Waals surface area contributed by atoms with Gasteiger partial charge in [-0.1, -0.05) is 80.6 Å². The minimum Gasteiger partial charge on any atom is -0.352 e. The van der Waals surface area contributed by atoms with Crippen molar-refractivity contribution in [3.05, 3.63) is 63.6 Å². The van der Waals surface area contributed by atoms with E-state index in [9.17, 15) is 18.0 Å². The second-order valence-corrected chi connectivity index (χ2v) is 12.5. The Morgan fingerprint density at radius 3 is 2.32 bits per heavy atom. The van der Waals surface area contributed by atoms with E-state index < -0.39 is 28.5 Å². The second-order valence-electron chi connectivity index (χ2n) is 9.79. The number of hydrogen-bond donors (Lipinski definition) is 1. The maximum absolute atomic E-state index is 13.9. The molecule has 0 heterocycles. The van der Waals surface area contributed by atoms with E-state index in [0.29, 0.717) is 34.1 Å². The summed E-state index contributed by atoms with van der Waals surface area (Å²) in [6.07, 6.45) is 7.18. The number of hydrogen-bond acceptors (Lipinski definition) is 4. The van der Waals surface area contributed by atoms with Crippen LogP contribution in [0, 0.1) is 0 Å². The molecule has 3 rings (SSSR count). The molecule has 10 heteroatoms. The fraction of sp³-hybridized carbons (Fsp3) is 0.500. The third-order valence-electron chi connectivity index (χ3n) is 6.99. The second kappa shape index (κ2) is 13.7. The van der Waals surface area contributed by atoms with Crippen molar-refractivity contribution in [1.29, 1.82) is 0 Å². The van der Waals surface area contributed by atoms with Crippen molar-refractivity contribution < 1.29 is 18.0 Å². The van der Waals surface area contributed by atoms with E-state index in [1.54, 1.807) is 30.3 Å². The summed E-state index contributed by atoms with van der Waals surface area (Å²) in [6, 6.07) is 11.5. The first kappa shape index (κ1) is 30.3. The van der Waals surface area contributed by atoms with Crippen molar-refractivity contribution in [1.82, 2.24) is 10.2 Å². The zero-order valence-electron chi connectivity index (χ0n) is 22.3. The quantitative estimate of drug-likeness (QED) is 0.375. The number of amides is 2. The molecule has 0 unspecified atom stereocenters. The van der Waals surface area contributed by atoms with Crippen LogP contribution < -0.4 is 9.62 Å². The van der Waals surface area contributed by atoms with Gasteiger partial charge in [-0.25, -0.2) is 8.42 Å². The first-order valence-electron chi connectivity index (χ1n) is 13.1. The van der Waals surface area contributed by atoms with E-state index >= 15 is 0 Å². The third-order valence-corrected chi connectivity index (χ3v) is 8.86. The summed E-state index contributed by atoms with van der Waals surface area (Å²) < 4.78 is 26.9. The molecular weight excluding hydrogens is 545 g/mol.